The first kappa shape index (κ1) is 45.6. The number of nitrogens with zero attached hydrogens (tertiary/aromatic N) is 1. The summed E-state index contributed by atoms with van der Waals surface area (Å²) in [6.45, 7) is 12.6. The number of rotatable bonds is 8. The molecule has 3 aliphatic carbocycles. The van der Waals surface area contributed by atoms with Crippen LogP contribution in [0.3, 0.4) is 0 Å². The molecule has 1 unspecified atom stereocenters. The molecule has 2 nitrogen and oxygen atoms in total. The molecule has 1 aromatic heterocycles. The summed E-state index contributed by atoms with van der Waals surface area (Å²) in [5, 5.41) is 3.91. The van der Waals surface area contributed by atoms with E-state index in [0.717, 1.165) is 22.6 Å². The molecule has 70 heavy (non-hydrogen) atoms. The zero-order chi connectivity index (χ0) is 48.1. The van der Waals surface area contributed by atoms with E-state index < -0.39 is 0 Å². The van der Waals surface area contributed by atoms with Crippen molar-refractivity contribution in [3.8, 4) is 55.8 Å². The van der Waals surface area contributed by atoms with E-state index >= 15 is 0 Å². The monoisotopic (exact) mass is 904 g/mol. The second-order valence-corrected chi connectivity index (χ2v) is 18.1. The van der Waals surface area contributed by atoms with Crippen LogP contribution in [0.1, 0.15) is 53.5 Å². The Labute approximate surface area is 414 Å². The van der Waals surface area contributed by atoms with E-state index in [4.69, 9.17) is 0 Å². The number of aromatic nitrogens is 1. The van der Waals surface area contributed by atoms with Gasteiger partial charge in [-0.15, -0.1) is 0 Å². The van der Waals surface area contributed by atoms with Crippen molar-refractivity contribution in [2.75, 3.05) is 4.90 Å². The Morgan fingerprint density at radius 1 is 0.586 bits per heavy atom. The van der Waals surface area contributed by atoms with Crippen LogP contribution in [0, 0.1) is 5.92 Å². The van der Waals surface area contributed by atoms with E-state index in [1.165, 1.54) is 101 Å². The molecular formula is C68H60N2. The van der Waals surface area contributed by atoms with E-state index in [2.05, 4.69) is 268 Å². The van der Waals surface area contributed by atoms with Gasteiger partial charge in [0.05, 0.1) is 5.69 Å². The number of H-pyrrole nitrogens is 1. The van der Waals surface area contributed by atoms with Crippen LogP contribution in [-0.4, -0.2) is 4.98 Å². The smallest absolute Gasteiger partial charge is 0.0551 e. The molecule has 1 N–H and O–H groups in total. The summed E-state index contributed by atoms with van der Waals surface area (Å²) in [4.78, 5) is 6.15. The number of hydrogen-bond acceptors (Lipinski definition) is 1. The van der Waals surface area contributed by atoms with Gasteiger partial charge in [0.15, 0.2) is 0 Å². The topological polar surface area (TPSA) is 19.0 Å². The van der Waals surface area contributed by atoms with Crippen molar-refractivity contribution < 1.29 is 0 Å². The van der Waals surface area contributed by atoms with Gasteiger partial charge in [-0.05, 0) is 154 Å². The van der Waals surface area contributed by atoms with Crippen molar-refractivity contribution >= 4 is 44.3 Å². The Morgan fingerprint density at radius 2 is 1.14 bits per heavy atom. The summed E-state index contributed by atoms with van der Waals surface area (Å²) < 4.78 is 0. The molecule has 9 aromatic rings. The highest BCUT2D eigenvalue weighted by Gasteiger charge is 2.25. The van der Waals surface area contributed by atoms with Gasteiger partial charge in [0.25, 0.3) is 0 Å². The second-order valence-electron chi connectivity index (χ2n) is 18.1. The molecule has 0 saturated carbocycles. The highest BCUT2D eigenvalue weighted by Crippen LogP contribution is 2.50. The Morgan fingerprint density at radius 3 is 1.74 bits per heavy atom. The lowest BCUT2D eigenvalue weighted by Gasteiger charge is -2.26. The van der Waals surface area contributed by atoms with Gasteiger partial charge in [0.2, 0.25) is 0 Å². The minimum atomic E-state index is 0.653. The number of fused-ring (bicyclic) bond motifs is 6. The van der Waals surface area contributed by atoms with Gasteiger partial charge >= 0.3 is 0 Å². The fourth-order valence-corrected chi connectivity index (χ4v) is 10.6. The van der Waals surface area contributed by atoms with Gasteiger partial charge in [0, 0.05) is 45.0 Å². The molecule has 12 rings (SSSR count). The van der Waals surface area contributed by atoms with Crippen LogP contribution < -0.4 is 4.90 Å². The van der Waals surface area contributed by atoms with Crippen molar-refractivity contribution in [2.24, 2.45) is 5.92 Å². The summed E-state index contributed by atoms with van der Waals surface area (Å²) in [6, 6.07) is 66.3. The summed E-state index contributed by atoms with van der Waals surface area (Å²) in [6.07, 6.45) is 18.8. The minimum absolute atomic E-state index is 0.653. The van der Waals surface area contributed by atoms with Gasteiger partial charge in [-0.1, -0.05) is 202 Å². The average Bonchev–Trinajstić information content (AvgIpc) is 3.95. The van der Waals surface area contributed by atoms with Gasteiger partial charge in [-0.2, -0.15) is 0 Å². The standard InChI is InChI=1S/C54H40N2.C12H14.C2H6/c1-3-10-36(4-2)38-21-28-45(29-22-38)56(46-30-23-41(24-31-46)40-19-17-39(18-20-40)37-11-6-5-7-12-37)47-32-25-42(26-33-47)44-27-34-48-51(35-44)55-54-50-16-9-14-43-13-8-15-49(52(43)50)53(48)54;1-9-5-3-7-11-8-4-6-10(2)12(9)11;1-2/h3-35,55H,1-2H3;3-7,11H,8H2,1-2H3;1-2H3/b10-3-,36-4+;;. The maximum atomic E-state index is 3.80. The summed E-state index contributed by atoms with van der Waals surface area (Å²) in [7, 11) is 0. The number of allylic oxidation sites excluding steroid dienone is 12. The third-order valence-electron chi connectivity index (χ3n) is 13.9. The molecule has 1 heterocycles. The van der Waals surface area contributed by atoms with Crippen molar-refractivity contribution in [2.45, 2.75) is 48.0 Å². The van der Waals surface area contributed by atoms with Crippen LogP contribution in [-0.2, 0) is 0 Å². The Bertz CT molecular complexity index is 3510. The first-order valence-corrected chi connectivity index (χ1v) is 24.9. The van der Waals surface area contributed by atoms with Crippen molar-refractivity contribution in [3.05, 3.63) is 253 Å². The van der Waals surface area contributed by atoms with E-state index in [0.29, 0.717) is 5.92 Å². The number of anilines is 3. The maximum Gasteiger partial charge on any atom is 0.0551 e. The first-order valence-electron chi connectivity index (χ1n) is 24.9. The van der Waals surface area contributed by atoms with Crippen molar-refractivity contribution in [3.63, 3.8) is 0 Å². The van der Waals surface area contributed by atoms with Crippen molar-refractivity contribution in [1.82, 2.24) is 4.98 Å². The molecule has 2 heteroatoms. The predicted molar refractivity (Wildman–Crippen MR) is 304 cm³/mol. The first-order chi connectivity index (χ1) is 34.4. The van der Waals surface area contributed by atoms with Crippen LogP contribution in [0.2, 0.25) is 0 Å². The van der Waals surface area contributed by atoms with Gasteiger partial charge in [-0.3, -0.25) is 0 Å². The SMILES string of the molecule is C/C=C\C(=C/C)c1ccc(N(c2ccc(-c3ccc(-c4ccccc4)cc3)cc2)c2ccc(-c3ccc4c5c([nH]c4c3)-c3cccc4cccc-5c34)cc2)cc1.CC.CC1=CC=CC2CC=CC(C)=C12. The fourth-order valence-electron chi connectivity index (χ4n) is 10.6. The Hall–Kier alpha value is -8.20. The number of nitrogens with one attached hydrogen (secondary N) is 1. The molecule has 0 fully saturated rings. The molecule has 0 radical (unpaired) electrons. The van der Waals surface area contributed by atoms with E-state index in [1.807, 2.05) is 13.8 Å². The van der Waals surface area contributed by atoms with E-state index in [9.17, 15) is 0 Å². The van der Waals surface area contributed by atoms with Crippen LogP contribution >= 0.6 is 0 Å². The maximum absolute atomic E-state index is 3.80. The fraction of sp³-hybridized carbons (Fsp3) is 0.118. The molecule has 1 atom stereocenters. The molecule has 342 valence electrons. The lowest BCUT2D eigenvalue weighted by Crippen LogP contribution is -2.09. The van der Waals surface area contributed by atoms with Crippen LogP contribution in [0.5, 0.6) is 0 Å². The molecule has 0 amide bonds. The van der Waals surface area contributed by atoms with E-state index in [1.54, 1.807) is 5.57 Å². The Kier molecular flexibility index (Phi) is 13.1. The summed E-state index contributed by atoms with van der Waals surface area (Å²) >= 11 is 0. The summed E-state index contributed by atoms with van der Waals surface area (Å²) in [5.41, 5.74) is 23.7. The lowest BCUT2D eigenvalue weighted by molar-refractivity contribution is 0.754. The molecule has 0 bridgehead atoms. The zero-order valence-electron chi connectivity index (χ0n) is 41.2. The quantitative estimate of drug-likeness (QED) is 0.151. The van der Waals surface area contributed by atoms with Crippen LogP contribution in [0.15, 0.2) is 247 Å². The number of hydrogen-bond donors (Lipinski definition) is 1. The predicted octanol–water partition coefficient (Wildman–Crippen LogP) is 19.8. The molecule has 0 spiro atoms. The average molecular weight is 905 g/mol. The lowest BCUT2D eigenvalue weighted by atomic mass is 9.81. The van der Waals surface area contributed by atoms with Gasteiger partial charge in [-0.25, -0.2) is 0 Å². The van der Waals surface area contributed by atoms with Gasteiger partial charge < -0.3 is 9.88 Å². The second kappa shape index (κ2) is 20.2. The largest absolute Gasteiger partial charge is 0.354 e. The third kappa shape index (κ3) is 8.74. The molecule has 8 aromatic carbocycles. The zero-order valence-corrected chi connectivity index (χ0v) is 41.2. The molecular weight excluding hydrogens is 845 g/mol. The highest BCUT2D eigenvalue weighted by molar-refractivity contribution is 6.21. The van der Waals surface area contributed by atoms with Crippen LogP contribution in [0.25, 0.3) is 83.0 Å². The number of aromatic amines is 1. The normalized spacial score (nSPS) is 14.5. The highest BCUT2D eigenvalue weighted by atomic mass is 15.1. The summed E-state index contributed by atoms with van der Waals surface area (Å²) in [5.74, 6) is 0.653. The molecule has 0 aliphatic heterocycles. The minimum Gasteiger partial charge on any atom is -0.354 e. The van der Waals surface area contributed by atoms with Gasteiger partial charge in [0.1, 0.15) is 0 Å². The third-order valence-corrected chi connectivity index (χ3v) is 13.9. The molecule has 0 saturated heterocycles. The Balaban J connectivity index is 0.000000351. The van der Waals surface area contributed by atoms with Crippen molar-refractivity contribution in [1.29, 1.82) is 0 Å². The van der Waals surface area contributed by atoms with Crippen LogP contribution in [0.4, 0.5) is 17.1 Å². The molecule has 3 aliphatic rings. The number of benzene rings is 8. The van der Waals surface area contributed by atoms with E-state index in [-0.39, 0.29) is 0 Å².